The van der Waals surface area contributed by atoms with Crippen LogP contribution in [0.1, 0.15) is 23.2 Å². The van der Waals surface area contributed by atoms with E-state index in [9.17, 15) is 4.79 Å². The predicted molar refractivity (Wildman–Crippen MR) is 91.3 cm³/mol. The average molecular weight is 342 g/mol. The SMILES string of the molecule is O=C(c1ccoc1)N1CCCC2(COCCN(c3ncccn3)C2)C1. The van der Waals surface area contributed by atoms with E-state index in [2.05, 4.69) is 14.9 Å². The van der Waals surface area contributed by atoms with Crippen LogP contribution in [0.2, 0.25) is 0 Å². The minimum Gasteiger partial charge on any atom is -0.472 e. The highest BCUT2D eigenvalue weighted by Crippen LogP contribution is 2.34. The van der Waals surface area contributed by atoms with E-state index in [1.807, 2.05) is 11.0 Å². The van der Waals surface area contributed by atoms with Gasteiger partial charge in [-0.15, -0.1) is 0 Å². The van der Waals surface area contributed by atoms with Crippen LogP contribution in [0.25, 0.3) is 0 Å². The normalized spacial score (nSPS) is 24.3. The molecule has 0 N–H and O–H groups in total. The second kappa shape index (κ2) is 6.84. The smallest absolute Gasteiger partial charge is 0.257 e. The number of furan rings is 1. The summed E-state index contributed by atoms with van der Waals surface area (Å²) in [5, 5.41) is 0. The summed E-state index contributed by atoms with van der Waals surface area (Å²) in [5.74, 6) is 0.755. The Morgan fingerprint density at radius 1 is 1.20 bits per heavy atom. The molecule has 0 aliphatic carbocycles. The lowest BCUT2D eigenvalue weighted by atomic mass is 9.80. The van der Waals surface area contributed by atoms with E-state index in [0.717, 1.165) is 38.4 Å². The van der Waals surface area contributed by atoms with E-state index in [4.69, 9.17) is 9.15 Å². The molecule has 0 bridgehead atoms. The first-order chi connectivity index (χ1) is 12.3. The number of carbonyl (C=O) groups excluding carboxylic acids is 1. The minimum absolute atomic E-state index is 0.0274. The number of carbonyl (C=O) groups is 1. The van der Waals surface area contributed by atoms with E-state index in [1.165, 1.54) is 12.5 Å². The van der Waals surface area contributed by atoms with Crippen LogP contribution < -0.4 is 4.90 Å². The molecule has 2 saturated heterocycles. The largest absolute Gasteiger partial charge is 0.472 e. The molecule has 4 heterocycles. The van der Waals surface area contributed by atoms with Crippen LogP contribution in [0.15, 0.2) is 41.5 Å². The van der Waals surface area contributed by atoms with Crippen molar-refractivity contribution in [3.05, 3.63) is 42.6 Å². The van der Waals surface area contributed by atoms with Crippen molar-refractivity contribution in [2.45, 2.75) is 12.8 Å². The lowest BCUT2D eigenvalue weighted by molar-refractivity contribution is 0.0135. The fourth-order valence-electron chi connectivity index (χ4n) is 3.82. The van der Waals surface area contributed by atoms with Crippen molar-refractivity contribution >= 4 is 11.9 Å². The van der Waals surface area contributed by atoms with Gasteiger partial charge in [0.05, 0.1) is 25.0 Å². The molecule has 2 aromatic heterocycles. The van der Waals surface area contributed by atoms with E-state index in [1.54, 1.807) is 18.5 Å². The van der Waals surface area contributed by atoms with Crippen molar-refractivity contribution in [1.82, 2.24) is 14.9 Å². The molecule has 7 heteroatoms. The van der Waals surface area contributed by atoms with E-state index < -0.39 is 0 Å². The molecule has 0 radical (unpaired) electrons. The summed E-state index contributed by atoms with van der Waals surface area (Å²) in [4.78, 5) is 25.6. The first kappa shape index (κ1) is 16.1. The average Bonchev–Trinajstić information content (AvgIpc) is 3.12. The van der Waals surface area contributed by atoms with Gasteiger partial charge in [-0.1, -0.05) is 0 Å². The zero-order valence-electron chi connectivity index (χ0n) is 14.1. The van der Waals surface area contributed by atoms with Gasteiger partial charge in [0.2, 0.25) is 5.95 Å². The molecular formula is C18H22N4O3. The molecule has 7 nitrogen and oxygen atoms in total. The highest BCUT2D eigenvalue weighted by molar-refractivity contribution is 5.93. The summed E-state index contributed by atoms with van der Waals surface area (Å²) in [7, 11) is 0. The Hall–Kier alpha value is -2.41. The summed E-state index contributed by atoms with van der Waals surface area (Å²) in [5.41, 5.74) is 0.516. The zero-order valence-corrected chi connectivity index (χ0v) is 14.1. The Morgan fingerprint density at radius 3 is 2.88 bits per heavy atom. The molecule has 2 aliphatic rings. The summed E-state index contributed by atoms with van der Waals surface area (Å²) >= 11 is 0. The molecular weight excluding hydrogens is 320 g/mol. The Bertz CT molecular complexity index is 706. The second-order valence-corrected chi connectivity index (χ2v) is 6.87. The highest BCUT2D eigenvalue weighted by Gasteiger charge is 2.41. The molecule has 2 fully saturated rings. The van der Waals surface area contributed by atoms with Crippen LogP contribution in [-0.4, -0.2) is 60.2 Å². The first-order valence-electron chi connectivity index (χ1n) is 8.67. The number of amides is 1. The molecule has 1 spiro atoms. The maximum atomic E-state index is 12.7. The highest BCUT2D eigenvalue weighted by atomic mass is 16.5. The Morgan fingerprint density at radius 2 is 2.08 bits per heavy atom. The molecule has 25 heavy (non-hydrogen) atoms. The second-order valence-electron chi connectivity index (χ2n) is 6.87. The van der Waals surface area contributed by atoms with Crippen molar-refractivity contribution in [2.75, 3.05) is 44.3 Å². The Balaban J connectivity index is 1.53. The molecule has 132 valence electrons. The van der Waals surface area contributed by atoms with Crippen molar-refractivity contribution < 1.29 is 13.9 Å². The standard InChI is InChI=1S/C18H22N4O3/c23-16(15-3-9-24-11-15)21-7-1-4-18(12-21)13-22(8-10-25-14-18)17-19-5-2-6-20-17/h2-3,5-6,9,11H,1,4,7-8,10,12-14H2. The lowest BCUT2D eigenvalue weighted by Crippen LogP contribution is -2.52. The number of piperidine rings is 1. The van der Waals surface area contributed by atoms with Crippen molar-refractivity contribution in [1.29, 1.82) is 0 Å². The molecule has 1 unspecified atom stereocenters. The van der Waals surface area contributed by atoms with Gasteiger partial charge in [-0.25, -0.2) is 9.97 Å². The molecule has 2 aromatic rings. The van der Waals surface area contributed by atoms with Crippen LogP contribution in [0.5, 0.6) is 0 Å². The van der Waals surface area contributed by atoms with Gasteiger partial charge in [0.25, 0.3) is 5.91 Å². The topological polar surface area (TPSA) is 71.7 Å². The maximum Gasteiger partial charge on any atom is 0.257 e. The van der Waals surface area contributed by atoms with Gasteiger partial charge in [-0.05, 0) is 25.0 Å². The molecule has 1 atom stereocenters. The quantitative estimate of drug-likeness (QED) is 0.829. The van der Waals surface area contributed by atoms with Crippen LogP contribution >= 0.6 is 0 Å². The van der Waals surface area contributed by atoms with Crippen molar-refractivity contribution in [2.24, 2.45) is 5.41 Å². The van der Waals surface area contributed by atoms with Crippen LogP contribution in [-0.2, 0) is 4.74 Å². The number of rotatable bonds is 2. The van der Waals surface area contributed by atoms with E-state index >= 15 is 0 Å². The number of ether oxygens (including phenoxy) is 1. The van der Waals surface area contributed by atoms with Crippen LogP contribution in [0.4, 0.5) is 5.95 Å². The lowest BCUT2D eigenvalue weighted by Gasteiger charge is -2.43. The number of nitrogens with zero attached hydrogens (tertiary/aromatic N) is 4. The predicted octanol–water partition coefficient (Wildman–Crippen LogP) is 1.83. The summed E-state index contributed by atoms with van der Waals surface area (Å²) < 4.78 is 11.0. The van der Waals surface area contributed by atoms with Gasteiger partial charge >= 0.3 is 0 Å². The summed E-state index contributed by atoms with van der Waals surface area (Å²) in [6.07, 6.45) is 8.57. The molecule has 2 aliphatic heterocycles. The number of anilines is 1. The summed E-state index contributed by atoms with van der Waals surface area (Å²) in [6, 6.07) is 3.54. The molecule has 0 aromatic carbocycles. The fraction of sp³-hybridized carbons (Fsp3) is 0.500. The Labute approximate surface area is 146 Å². The van der Waals surface area contributed by atoms with E-state index in [0.29, 0.717) is 25.3 Å². The van der Waals surface area contributed by atoms with Gasteiger partial charge in [0.15, 0.2) is 0 Å². The third kappa shape index (κ3) is 3.37. The van der Waals surface area contributed by atoms with Crippen LogP contribution in [0.3, 0.4) is 0 Å². The maximum absolute atomic E-state index is 12.7. The third-order valence-corrected chi connectivity index (χ3v) is 4.99. The molecule has 4 rings (SSSR count). The van der Waals surface area contributed by atoms with Gasteiger partial charge in [0.1, 0.15) is 6.26 Å². The third-order valence-electron chi connectivity index (χ3n) is 4.99. The fourth-order valence-corrected chi connectivity index (χ4v) is 3.82. The van der Waals surface area contributed by atoms with Gasteiger partial charge in [-0.2, -0.15) is 0 Å². The number of aromatic nitrogens is 2. The van der Waals surface area contributed by atoms with E-state index in [-0.39, 0.29) is 11.3 Å². The van der Waals surface area contributed by atoms with Crippen molar-refractivity contribution in [3.63, 3.8) is 0 Å². The van der Waals surface area contributed by atoms with Gasteiger partial charge in [-0.3, -0.25) is 4.79 Å². The first-order valence-corrected chi connectivity index (χ1v) is 8.67. The van der Waals surface area contributed by atoms with Gasteiger partial charge < -0.3 is 19.0 Å². The van der Waals surface area contributed by atoms with Crippen LogP contribution in [0, 0.1) is 5.41 Å². The number of hydrogen-bond acceptors (Lipinski definition) is 6. The molecule has 0 saturated carbocycles. The summed E-state index contributed by atoms with van der Waals surface area (Å²) in [6.45, 7) is 4.32. The monoisotopic (exact) mass is 342 g/mol. The number of likely N-dealkylation sites (tertiary alicyclic amines) is 1. The van der Waals surface area contributed by atoms with Gasteiger partial charge in [0, 0.05) is 44.0 Å². The Kier molecular flexibility index (Phi) is 4.40. The van der Waals surface area contributed by atoms with Crippen molar-refractivity contribution in [3.8, 4) is 0 Å². The molecule has 1 amide bonds. The zero-order chi connectivity index (χ0) is 17.1. The number of hydrogen-bond donors (Lipinski definition) is 0. The minimum atomic E-state index is -0.0899.